The molecule has 1 atom stereocenters. The van der Waals surface area contributed by atoms with E-state index in [9.17, 15) is 4.79 Å². The van der Waals surface area contributed by atoms with Crippen LogP contribution in [-0.2, 0) is 4.79 Å². The van der Waals surface area contributed by atoms with Crippen molar-refractivity contribution in [2.24, 2.45) is 5.92 Å². The molecule has 3 nitrogen and oxygen atoms in total. The van der Waals surface area contributed by atoms with Crippen LogP contribution in [0.25, 0.3) is 0 Å². The molecule has 0 aliphatic rings. The molecule has 2 N–H and O–H groups in total. The van der Waals surface area contributed by atoms with Crippen molar-refractivity contribution in [2.75, 3.05) is 18.9 Å². The molecule has 1 aromatic carbocycles. The highest BCUT2D eigenvalue weighted by Crippen LogP contribution is 2.26. The van der Waals surface area contributed by atoms with Gasteiger partial charge in [-0.25, -0.2) is 0 Å². The molecule has 0 saturated carbocycles. The van der Waals surface area contributed by atoms with Crippen LogP contribution >= 0.6 is 27.5 Å². The molecule has 0 heterocycles. The van der Waals surface area contributed by atoms with Crippen molar-refractivity contribution in [1.29, 1.82) is 0 Å². The van der Waals surface area contributed by atoms with E-state index in [-0.39, 0.29) is 11.8 Å². The largest absolute Gasteiger partial charge is 0.325 e. The summed E-state index contributed by atoms with van der Waals surface area (Å²) in [7, 11) is 1.82. The number of hydrogen-bond acceptors (Lipinski definition) is 2. The van der Waals surface area contributed by atoms with Gasteiger partial charge in [0.2, 0.25) is 5.91 Å². The predicted molar refractivity (Wildman–Crippen MR) is 70.9 cm³/mol. The lowest BCUT2D eigenvalue weighted by atomic mass is 10.1. The van der Waals surface area contributed by atoms with Crippen molar-refractivity contribution in [3.8, 4) is 0 Å². The molecule has 0 fully saturated rings. The second kappa shape index (κ2) is 6.23. The molecule has 88 valence electrons. The topological polar surface area (TPSA) is 41.1 Å². The Hall–Kier alpha value is -0.580. The van der Waals surface area contributed by atoms with Gasteiger partial charge in [0, 0.05) is 22.0 Å². The van der Waals surface area contributed by atoms with Crippen molar-refractivity contribution in [1.82, 2.24) is 5.32 Å². The minimum absolute atomic E-state index is 0.0163. The molecule has 0 saturated heterocycles. The van der Waals surface area contributed by atoms with Crippen LogP contribution in [0.2, 0.25) is 5.02 Å². The molecule has 0 bridgehead atoms. The molecule has 1 aromatic rings. The zero-order chi connectivity index (χ0) is 12.1. The van der Waals surface area contributed by atoms with E-state index >= 15 is 0 Å². The maximum Gasteiger partial charge on any atom is 0.228 e. The summed E-state index contributed by atoms with van der Waals surface area (Å²) < 4.78 is 0.782. The standard InChI is InChI=1S/C11H14BrClN2O/c1-7(6-14-2)11(16)15-10-4-3-8(13)5-9(10)12/h3-5,7,14H,6H2,1-2H3,(H,15,16). The number of carbonyl (C=O) groups is 1. The van der Waals surface area contributed by atoms with E-state index in [2.05, 4.69) is 26.6 Å². The van der Waals surface area contributed by atoms with E-state index in [0.29, 0.717) is 11.6 Å². The van der Waals surface area contributed by atoms with Gasteiger partial charge in [-0.05, 0) is 41.2 Å². The number of nitrogens with one attached hydrogen (secondary N) is 2. The second-order valence-electron chi connectivity index (χ2n) is 3.57. The Balaban J connectivity index is 2.69. The fourth-order valence-electron chi connectivity index (χ4n) is 1.25. The van der Waals surface area contributed by atoms with Gasteiger partial charge >= 0.3 is 0 Å². The highest BCUT2D eigenvalue weighted by Gasteiger charge is 2.13. The highest BCUT2D eigenvalue weighted by molar-refractivity contribution is 9.10. The normalized spacial score (nSPS) is 12.2. The summed E-state index contributed by atoms with van der Waals surface area (Å²) in [6.07, 6.45) is 0. The summed E-state index contributed by atoms with van der Waals surface area (Å²) in [6, 6.07) is 5.26. The smallest absolute Gasteiger partial charge is 0.228 e. The van der Waals surface area contributed by atoms with Crippen molar-refractivity contribution < 1.29 is 4.79 Å². The summed E-state index contributed by atoms with van der Waals surface area (Å²) in [5, 5.41) is 6.43. The molecule has 0 aromatic heterocycles. The van der Waals surface area contributed by atoms with E-state index < -0.39 is 0 Å². The maximum absolute atomic E-state index is 11.7. The number of rotatable bonds is 4. The van der Waals surface area contributed by atoms with Crippen LogP contribution in [0.5, 0.6) is 0 Å². The summed E-state index contributed by atoms with van der Waals surface area (Å²) in [5.41, 5.74) is 0.734. The SMILES string of the molecule is CNCC(C)C(=O)Nc1ccc(Cl)cc1Br. The summed E-state index contributed by atoms with van der Waals surface area (Å²) in [5.74, 6) is -0.0926. The van der Waals surface area contributed by atoms with Crippen LogP contribution in [0.1, 0.15) is 6.92 Å². The van der Waals surface area contributed by atoms with Gasteiger partial charge in [0.15, 0.2) is 0 Å². The minimum Gasteiger partial charge on any atom is -0.325 e. The molecule has 0 radical (unpaired) electrons. The average Bonchev–Trinajstić information content (AvgIpc) is 2.22. The van der Waals surface area contributed by atoms with Crippen molar-refractivity contribution in [2.45, 2.75) is 6.92 Å². The first-order valence-corrected chi connectivity index (χ1v) is 6.12. The number of halogens is 2. The second-order valence-corrected chi connectivity index (χ2v) is 4.86. The van der Waals surface area contributed by atoms with Gasteiger partial charge in [0.05, 0.1) is 5.69 Å². The highest BCUT2D eigenvalue weighted by atomic mass is 79.9. The Morgan fingerprint density at radius 2 is 2.25 bits per heavy atom. The molecule has 1 rings (SSSR count). The van der Waals surface area contributed by atoms with Gasteiger partial charge in [-0.3, -0.25) is 4.79 Å². The van der Waals surface area contributed by atoms with E-state index in [0.717, 1.165) is 10.2 Å². The fourth-order valence-corrected chi connectivity index (χ4v) is 2.03. The quantitative estimate of drug-likeness (QED) is 0.898. The Morgan fingerprint density at radius 1 is 1.56 bits per heavy atom. The van der Waals surface area contributed by atoms with Crippen LogP contribution in [0, 0.1) is 5.92 Å². The van der Waals surface area contributed by atoms with Gasteiger partial charge in [-0.1, -0.05) is 18.5 Å². The first-order chi connectivity index (χ1) is 7.54. The number of carbonyl (C=O) groups excluding carboxylic acids is 1. The fraction of sp³-hybridized carbons (Fsp3) is 0.364. The third-order valence-corrected chi connectivity index (χ3v) is 3.04. The van der Waals surface area contributed by atoms with Crippen LogP contribution < -0.4 is 10.6 Å². The first-order valence-electron chi connectivity index (χ1n) is 4.95. The number of anilines is 1. The molecule has 0 aliphatic carbocycles. The number of amides is 1. The molecule has 16 heavy (non-hydrogen) atoms. The van der Waals surface area contributed by atoms with Gasteiger partial charge in [0.1, 0.15) is 0 Å². The van der Waals surface area contributed by atoms with Crippen molar-refractivity contribution in [3.63, 3.8) is 0 Å². The summed E-state index contributed by atoms with van der Waals surface area (Å²) in [4.78, 5) is 11.7. The Bertz CT molecular complexity index is 384. The average molecular weight is 306 g/mol. The summed E-state index contributed by atoms with van der Waals surface area (Å²) >= 11 is 9.16. The van der Waals surface area contributed by atoms with E-state index in [4.69, 9.17) is 11.6 Å². The number of benzene rings is 1. The Kier molecular flexibility index (Phi) is 5.25. The predicted octanol–water partition coefficient (Wildman–Crippen LogP) is 2.90. The van der Waals surface area contributed by atoms with E-state index in [1.807, 2.05) is 14.0 Å². The van der Waals surface area contributed by atoms with E-state index in [1.165, 1.54) is 0 Å². The Labute approximate surface area is 109 Å². The van der Waals surface area contributed by atoms with Gasteiger partial charge in [-0.15, -0.1) is 0 Å². The lowest BCUT2D eigenvalue weighted by Gasteiger charge is -2.12. The lowest BCUT2D eigenvalue weighted by molar-refractivity contribution is -0.119. The van der Waals surface area contributed by atoms with Crippen LogP contribution in [0.3, 0.4) is 0 Å². The lowest BCUT2D eigenvalue weighted by Crippen LogP contribution is -2.28. The zero-order valence-electron chi connectivity index (χ0n) is 9.18. The van der Waals surface area contributed by atoms with Crippen molar-refractivity contribution >= 4 is 39.1 Å². The molecular formula is C11H14BrClN2O. The van der Waals surface area contributed by atoms with Crippen LogP contribution in [0.4, 0.5) is 5.69 Å². The van der Waals surface area contributed by atoms with E-state index in [1.54, 1.807) is 18.2 Å². The first kappa shape index (κ1) is 13.5. The Morgan fingerprint density at radius 3 is 2.81 bits per heavy atom. The van der Waals surface area contributed by atoms with Crippen molar-refractivity contribution in [3.05, 3.63) is 27.7 Å². The van der Waals surface area contributed by atoms with Gasteiger partial charge < -0.3 is 10.6 Å². The monoisotopic (exact) mass is 304 g/mol. The molecule has 0 aliphatic heterocycles. The molecular weight excluding hydrogens is 291 g/mol. The summed E-state index contributed by atoms with van der Waals surface area (Å²) in [6.45, 7) is 2.52. The van der Waals surface area contributed by atoms with Crippen LogP contribution in [-0.4, -0.2) is 19.5 Å². The van der Waals surface area contributed by atoms with Gasteiger partial charge in [-0.2, -0.15) is 0 Å². The van der Waals surface area contributed by atoms with Crippen LogP contribution in [0.15, 0.2) is 22.7 Å². The van der Waals surface area contributed by atoms with Gasteiger partial charge in [0.25, 0.3) is 0 Å². The molecule has 1 unspecified atom stereocenters. The third kappa shape index (κ3) is 3.77. The molecule has 1 amide bonds. The third-order valence-electron chi connectivity index (χ3n) is 2.15. The molecule has 5 heteroatoms. The molecule has 0 spiro atoms. The zero-order valence-corrected chi connectivity index (χ0v) is 11.5. The minimum atomic E-state index is -0.0763. The maximum atomic E-state index is 11.7. The number of hydrogen-bond donors (Lipinski definition) is 2.